The summed E-state index contributed by atoms with van der Waals surface area (Å²) in [5.41, 5.74) is 2.73. The summed E-state index contributed by atoms with van der Waals surface area (Å²) < 4.78 is 33.9. The molecule has 0 spiro atoms. The maximum absolute atomic E-state index is 12.8. The summed E-state index contributed by atoms with van der Waals surface area (Å²) in [5.74, 6) is -0.00319. The first-order valence-electron chi connectivity index (χ1n) is 17.7. The second-order valence-electron chi connectivity index (χ2n) is 13.2. The summed E-state index contributed by atoms with van der Waals surface area (Å²) in [5, 5.41) is 0. The summed E-state index contributed by atoms with van der Waals surface area (Å²) in [7, 11) is 0. The van der Waals surface area contributed by atoms with Gasteiger partial charge in [-0.15, -0.1) is 0 Å². The number of esters is 2. The standard InChI is InChI=1S/C38H56O8/c1-4-5-6-11-30-14-16-31(17-15-30)32-18-20-33(21-19-32)34(26-45-37(39)28(2)24-43-35-12-7-9-22-41-35)27-46-38(40)29(3)25-44-36-13-8-10-23-42-36/h18-21,30-31,34-36H,2-17,22-27H2,1H3. The molecule has 1 aliphatic carbocycles. The minimum absolute atomic E-state index is 0.0339. The zero-order valence-corrected chi connectivity index (χ0v) is 28.0. The molecule has 1 aromatic carbocycles. The Bertz CT molecular complexity index is 1030. The molecule has 3 aliphatic rings. The van der Waals surface area contributed by atoms with E-state index in [-0.39, 0.29) is 56.1 Å². The lowest BCUT2D eigenvalue weighted by Crippen LogP contribution is -2.26. The fourth-order valence-electron chi connectivity index (χ4n) is 6.50. The molecule has 3 fully saturated rings. The van der Waals surface area contributed by atoms with Crippen LogP contribution in [0, 0.1) is 5.92 Å². The fourth-order valence-corrected chi connectivity index (χ4v) is 6.50. The van der Waals surface area contributed by atoms with Gasteiger partial charge in [0.1, 0.15) is 13.2 Å². The highest BCUT2D eigenvalue weighted by molar-refractivity contribution is 5.88. The number of hydrogen-bond donors (Lipinski definition) is 0. The van der Waals surface area contributed by atoms with Crippen molar-refractivity contribution in [3.8, 4) is 0 Å². The molecule has 0 bridgehead atoms. The minimum atomic E-state index is -0.537. The second-order valence-corrected chi connectivity index (χ2v) is 13.2. The van der Waals surface area contributed by atoms with Gasteiger partial charge in [-0.2, -0.15) is 0 Å². The van der Waals surface area contributed by atoms with E-state index < -0.39 is 11.9 Å². The van der Waals surface area contributed by atoms with Gasteiger partial charge in [0.2, 0.25) is 0 Å². The topological polar surface area (TPSA) is 89.5 Å². The van der Waals surface area contributed by atoms with Crippen molar-refractivity contribution in [1.29, 1.82) is 0 Å². The molecule has 2 aliphatic heterocycles. The lowest BCUT2D eigenvalue weighted by Gasteiger charge is -2.29. The van der Waals surface area contributed by atoms with Crippen LogP contribution >= 0.6 is 0 Å². The average Bonchev–Trinajstić information content (AvgIpc) is 3.10. The van der Waals surface area contributed by atoms with Gasteiger partial charge in [0.25, 0.3) is 0 Å². The molecule has 8 heteroatoms. The Morgan fingerprint density at radius 3 is 1.78 bits per heavy atom. The van der Waals surface area contributed by atoms with Crippen molar-refractivity contribution in [3.05, 3.63) is 59.7 Å². The molecule has 0 N–H and O–H groups in total. The zero-order valence-electron chi connectivity index (χ0n) is 28.0. The van der Waals surface area contributed by atoms with E-state index in [1.165, 1.54) is 56.9 Å². The van der Waals surface area contributed by atoms with Crippen LogP contribution < -0.4 is 0 Å². The monoisotopic (exact) mass is 640 g/mol. The Labute approximate surface area is 276 Å². The van der Waals surface area contributed by atoms with Crippen molar-refractivity contribution in [2.75, 3.05) is 39.6 Å². The summed E-state index contributed by atoms with van der Waals surface area (Å²) in [6.45, 7) is 11.5. The van der Waals surface area contributed by atoms with Crippen molar-refractivity contribution in [2.24, 2.45) is 5.92 Å². The van der Waals surface area contributed by atoms with Gasteiger partial charge in [-0.3, -0.25) is 0 Å². The highest BCUT2D eigenvalue weighted by Crippen LogP contribution is 2.38. The number of carbonyl (C=O) groups excluding carboxylic acids is 2. The highest BCUT2D eigenvalue weighted by Gasteiger charge is 2.25. The Hall–Kier alpha value is -2.52. The number of benzene rings is 1. The van der Waals surface area contributed by atoms with Gasteiger partial charge < -0.3 is 28.4 Å². The molecule has 8 nitrogen and oxygen atoms in total. The lowest BCUT2D eigenvalue weighted by molar-refractivity contribution is -0.161. The van der Waals surface area contributed by atoms with Gasteiger partial charge in [-0.1, -0.05) is 70.0 Å². The Morgan fingerprint density at radius 1 is 0.761 bits per heavy atom. The predicted molar refractivity (Wildman–Crippen MR) is 177 cm³/mol. The summed E-state index contributed by atoms with van der Waals surface area (Å²) in [6.07, 6.45) is 15.4. The van der Waals surface area contributed by atoms with Crippen LogP contribution in [0.1, 0.15) is 120 Å². The van der Waals surface area contributed by atoms with E-state index in [1.807, 2.05) is 0 Å². The van der Waals surface area contributed by atoms with Crippen LogP contribution in [-0.4, -0.2) is 64.2 Å². The molecule has 256 valence electrons. The molecule has 2 unspecified atom stereocenters. The molecule has 2 heterocycles. The molecule has 1 saturated carbocycles. The summed E-state index contributed by atoms with van der Waals surface area (Å²) >= 11 is 0. The average molecular weight is 641 g/mol. The third kappa shape index (κ3) is 12.3. The molecule has 0 amide bonds. The number of rotatable bonds is 18. The quantitative estimate of drug-likeness (QED) is 0.0909. The first-order chi connectivity index (χ1) is 22.4. The number of unbranched alkanes of at least 4 members (excludes halogenated alkanes) is 2. The van der Waals surface area contributed by atoms with Gasteiger partial charge in [-0.25, -0.2) is 9.59 Å². The maximum Gasteiger partial charge on any atom is 0.335 e. The molecule has 46 heavy (non-hydrogen) atoms. The minimum Gasteiger partial charge on any atom is -0.461 e. The van der Waals surface area contributed by atoms with Crippen LogP contribution in [-0.2, 0) is 38.0 Å². The van der Waals surface area contributed by atoms with Gasteiger partial charge in [0, 0.05) is 13.2 Å². The molecule has 0 aromatic heterocycles. The van der Waals surface area contributed by atoms with Gasteiger partial charge in [0.05, 0.1) is 30.3 Å². The smallest absolute Gasteiger partial charge is 0.335 e. The normalized spacial score (nSPS) is 24.1. The number of carbonyl (C=O) groups is 2. The number of hydrogen-bond acceptors (Lipinski definition) is 8. The van der Waals surface area contributed by atoms with Gasteiger partial charge in [-0.05, 0) is 87.2 Å². The SMILES string of the molecule is C=C(COC1CCCCO1)C(=O)OCC(COC(=O)C(=C)COC1CCCCO1)c1ccc(C2CCC(CCCCC)CC2)cc1. The van der Waals surface area contributed by atoms with Crippen LogP contribution in [0.4, 0.5) is 0 Å². The van der Waals surface area contributed by atoms with E-state index >= 15 is 0 Å². The van der Waals surface area contributed by atoms with E-state index in [0.29, 0.717) is 19.1 Å². The van der Waals surface area contributed by atoms with Crippen molar-refractivity contribution in [1.82, 2.24) is 0 Å². The first-order valence-corrected chi connectivity index (χ1v) is 17.7. The third-order valence-corrected chi connectivity index (χ3v) is 9.51. The molecule has 0 radical (unpaired) electrons. The molecular formula is C38H56O8. The van der Waals surface area contributed by atoms with Gasteiger partial charge in [0.15, 0.2) is 12.6 Å². The zero-order chi connectivity index (χ0) is 32.6. The lowest BCUT2D eigenvalue weighted by atomic mass is 9.77. The van der Waals surface area contributed by atoms with E-state index in [9.17, 15) is 9.59 Å². The van der Waals surface area contributed by atoms with Crippen LogP contribution in [0.3, 0.4) is 0 Å². The largest absolute Gasteiger partial charge is 0.461 e. The van der Waals surface area contributed by atoms with Crippen LogP contribution in [0.25, 0.3) is 0 Å². The second kappa shape index (κ2) is 20.0. The van der Waals surface area contributed by atoms with E-state index in [0.717, 1.165) is 50.0 Å². The van der Waals surface area contributed by atoms with E-state index in [4.69, 9.17) is 28.4 Å². The summed E-state index contributed by atoms with van der Waals surface area (Å²) in [4.78, 5) is 25.6. The maximum atomic E-state index is 12.8. The molecule has 1 aromatic rings. The fraction of sp³-hybridized carbons (Fsp3) is 0.684. The van der Waals surface area contributed by atoms with Crippen LogP contribution in [0.2, 0.25) is 0 Å². The van der Waals surface area contributed by atoms with Crippen LogP contribution in [0.15, 0.2) is 48.6 Å². The number of ether oxygens (including phenoxy) is 6. The Kier molecular flexibility index (Phi) is 15.8. The van der Waals surface area contributed by atoms with Crippen LogP contribution in [0.5, 0.6) is 0 Å². The Balaban J connectivity index is 1.31. The predicted octanol–water partition coefficient (Wildman–Crippen LogP) is 7.91. The Morgan fingerprint density at radius 2 is 1.30 bits per heavy atom. The molecular weight excluding hydrogens is 584 g/mol. The van der Waals surface area contributed by atoms with E-state index in [1.54, 1.807) is 0 Å². The summed E-state index contributed by atoms with van der Waals surface area (Å²) in [6, 6.07) is 8.52. The third-order valence-electron chi connectivity index (χ3n) is 9.51. The highest BCUT2D eigenvalue weighted by atomic mass is 16.7. The van der Waals surface area contributed by atoms with Crippen molar-refractivity contribution < 1.29 is 38.0 Å². The van der Waals surface area contributed by atoms with Crippen molar-refractivity contribution >= 4 is 11.9 Å². The van der Waals surface area contributed by atoms with Crippen molar-refractivity contribution in [2.45, 2.75) is 121 Å². The van der Waals surface area contributed by atoms with Gasteiger partial charge >= 0.3 is 11.9 Å². The first kappa shape index (κ1) is 36.3. The van der Waals surface area contributed by atoms with Crippen molar-refractivity contribution in [3.63, 3.8) is 0 Å². The molecule has 4 rings (SSSR count). The molecule has 2 atom stereocenters. The molecule has 2 saturated heterocycles. The van der Waals surface area contributed by atoms with E-state index in [2.05, 4.69) is 44.3 Å².